The second-order valence-corrected chi connectivity index (χ2v) is 9.00. The third kappa shape index (κ3) is 8.93. The van der Waals surface area contributed by atoms with Crippen molar-refractivity contribution in [3.05, 3.63) is 49.7 Å². The summed E-state index contributed by atoms with van der Waals surface area (Å²) >= 11 is 0. The van der Waals surface area contributed by atoms with Crippen molar-refractivity contribution in [1.82, 2.24) is 4.72 Å². The molecule has 1 aromatic carbocycles. The molecule has 3 nitrogen and oxygen atoms in total. The van der Waals surface area contributed by atoms with Crippen molar-refractivity contribution in [3.8, 4) is 0 Å². The Bertz CT molecular complexity index is 510. The van der Waals surface area contributed by atoms with Crippen molar-refractivity contribution >= 4 is 17.3 Å². The molecule has 1 aromatic rings. The first-order valence-corrected chi connectivity index (χ1v) is 10.1. The monoisotopic (exact) mass is 422 g/mol. The summed E-state index contributed by atoms with van der Waals surface area (Å²) in [6.45, 7) is 16.7. The van der Waals surface area contributed by atoms with Crippen LogP contribution >= 0.6 is 0 Å². The van der Waals surface area contributed by atoms with E-state index in [1.54, 1.807) is 0 Å². The minimum atomic E-state index is -1.30. The minimum absolute atomic E-state index is 0. The topological polar surface area (TPSA) is 46.2 Å². The molecule has 1 aliphatic carbocycles. The maximum atomic E-state index is 12.4. The fourth-order valence-corrected chi connectivity index (χ4v) is 2.98. The second kappa shape index (κ2) is 13.6. The first-order chi connectivity index (χ1) is 11.7. The van der Waals surface area contributed by atoms with Crippen LogP contribution in [0.15, 0.2) is 30.3 Å². The van der Waals surface area contributed by atoms with Crippen LogP contribution in [-0.2, 0) is 37.8 Å². The molecule has 2 rings (SSSR count). The Hall–Kier alpha value is -0.506. The summed E-state index contributed by atoms with van der Waals surface area (Å²) in [4.78, 5) is 11.6. The van der Waals surface area contributed by atoms with E-state index in [4.69, 9.17) is 0 Å². The zero-order valence-electron chi connectivity index (χ0n) is 16.7. The van der Waals surface area contributed by atoms with Gasteiger partial charge in [0.05, 0.1) is 15.7 Å². The number of rotatable bonds is 5. The van der Waals surface area contributed by atoms with E-state index in [0.717, 1.165) is 31.2 Å². The van der Waals surface area contributed by atoms with Crippen molar-refractivity contribution in [2.75, 3.05) is 0 Å². The summed E-state index contributed by atoms with van der Waals surface area (Å²) in [5.74, 6) is 0.193. The molecule has 1 saturated carbocycles. The van der Waals surface area contributed by atoms with Gasteiger partial charge in [-0.3, -0.25) is 4.72 Å². The largest absolute Gasteiger partial charge is 3.00 e. The Balaban J connectivity index is 0. The van der Waals surface area contributed by atoms with E-state index in [0.29, 0.717) is 0 Å². The fourth-order valence-electron chi connectivity index (χ4n) is 2.06. The van der Waals surface area contributed by atoms with Crippen molar-refractivity contribution < 1.29 is 25.5 Å². The average molecular weight is 423 g/mol. The molecule has 0 aromatic heterocycles. The van der Waals surface area contributed by atoms with E-state index >= 15 is 0 Å². The predicted octanol–water partition coefficient (Wildman–Crippen LogP) is 4.91. The first kappa shape index (κ1) is 27.7. The molecule has 26 heavy (non-hydrogen) atoms. The molecular formula is C21H34NNiO2S. The van der Waals surface area contributed by atoms with Gasteiger partial charge in [-0.05, 0) is 32.2 Å². The average Bonchev–Trinajstić information content (AvgIpc) is 3.39. The van der Waals surface area contributed by atoms with Crippen molar-refractivity contribution in [2.24, 2.45) is 5.92 Å². The Kier molecular flexibility index (Phi) is 14.5. The number of carbonyl (C=O) groups excluding carboxylic acids is 1. The Morgan fingerprint density at radius 1 is 1.12 bits per heavy atom. The summed E-state index contributed by atoms with van der Waals surface area (Å²) in [7, 11) is -1.30. The smallest absolute Gasteiger partial charge is 0.540 e. The van der Waals surface area contributed by atoms with Gasteiger partial charge in [-0.25, -0.2) is 10.5 Å². The number of benzene rings is 1. The summed E-state index contributed by atoms with van der Waals surface area (Å²) in [6.07, 6.45) is 6.08. The van der Waals surface area contributed by atoms with E-state index in [9.17, 15) is 9.00 Å². The molecule has 0 heterocycles. The van der Waals surface area contributed by atoms with Gasteiger partial charge in [0.25, 0.3) is 0 Å². The van der Waals surface area contributed by atoms with Crippen LogP contribution in [0.25, 0.3) is 0 Å². The van der Waals surface area contributed by atoms with Gasteiger partial charge >= 0.3 is 16.5 Å². The van der Waals surface area contributed by atoms with Gasteiger partial charge in [-0.2, -0.15) is 12.8 Å². The molecule has 1 radical (unpaired) electrons. The molecule has 1 aliphatic rings. The maximum Gasteiger partial charge on any atom is 3.00 e. The van der Waals surface area contributed by atoms with Crippen molar-refractivity contribution in [1.29, 1.82) is 0 Å². The first-order valence-electron chi connectivity index (χ1n) is 8.96. The fraction of sp³-hybridized carbons (Fsp3) is 0.571. The zero-order valence-corrected chi connectivity index (χ0v) is 18.6. The van der Waals surface area contributed by atoms with Crippen LogP contribution in [0.1, 0.15) is 65.9 Å². The quantitative estimate of drug-likeness (QED) is 0.540. The van der Waals surface area contributed by atoms with E-state index in [2.05, 4.69) is 24.9 Å². The van der Waals surface area contributed by atoms with E-state index < -0.39 is 21.3 Å². The molecule has 0 spiro atoms. The number of hydrogen-bond acceptors (Lipinski definition) is 2. The van der Waals surface area contributed by atoms with Crippen molar-refractivity contribution in [2.45, 2.75) is 70.6 Å². The van der Waals surface area contributed by atoms with E-state index in [-0.39, 0.29) is 22.4 Å². The molecule has 0 amide bonds. The standard InChI is InChI=1S/C15H20NO2S.2C3H7.Ni/c1-14(2,3)19(18)16-15(11-17,13-9-10-13)12-7-5-4-6-8-12;2*1-3-2;/h4-8,13,16H,9-10H2,1-3H3;2*1,3H2,2H3;/q3*-1;+3/t15-,19-;;;/m0.../s1. The number of nitrogens with one attached hydrogen (secondary N) is 1. The van der Waals surface area contributed by atoms with Crippen LogP contribution in [0, 0.1) is 19.8 Å². The van der Waals surface area contributed by atoms with Gasteiger partial charge in [-0.1, -0.05) is 62.6 Å². The molecule has 151 valence electrons. The minimum Gasteiger partial charge on any atom is -0.540 e. The van der Waals surface area contributed by atoms with Gasteiger partial charge in [0.2, 0.25) is 0 Å². The van der Waals surface area contributed by atoms with E-state index in [1.807, 2.05) is 65.0 Å². The Labute approximate surface area is 173 Å². The maximum absolute atomic E-state index is 12.4. The van der Waals surface area contributed by atoms with Crippen LogP contribution in [0.2, 0.25) is 0 Å². The molecule has 2 atom stereocenters. The normalized spacial score (nSPS) is 16.4. The molecule has 5 heteroatoms. The molecular weight excluding hydrogens is 389 g/mol. The van der Waals surface area contributed by atoms with Gasteiger partial charge in [0.1, 0.15) is 0 Å². The molecule has 0 aliphatic heterocycles. The summed E-state index contributed by atoms with van der Waals surface area (Å²) in [5.41, 5.74) is -0.0792. The molecule has 0 unspecified atom stereocenters. The summed E-state index contributed by atoms with van der Waals surface area (Å²) in [5, 5.41) is 0. The Morgan fingerprint density at radius 3 is 1.85 bits per heavy atom. The molecule has 0 saturated heterocycles. The molecule has 0 bridgehead atoms. The Morgan fingerprint density at radius 2 is 1.54 bits per heavy atom. The van der Waals surface area contributed by atoms with Crippen LogP contribution in [0.5, 0.6) is 0 Å². The molecule has 1 fully saturated rings. The van der Waals surface area contributed by atoms with Crippen LogP contribution in [0.4, 0.5) is 0 Å². The van der Waals surface area contributed by atoms with Gasteiger partial charge < -0.3 is 18.6 Å². The van der Waals surface area contributed by atoms with Crippen LogP contribution in [-0.4, -0.2) is 15.2 Å². The van der Waals surface area contributed by atoms with Crippen LogP contribution < -0.4 is 4.72 Å². The van der Waals surface area contributed by atoms with Crippen molar-refractivity contribution in [3.63, 3.8) is 0 Å². The summed E-state index contributed by atoms with van der Waals surface area (Å²) < 4.78 is 15.0. The zero-order chi connectivity index (χ0) is 19.5. The SMILES string of the molecule is CC(C)(C)[S@](=O)N[C@@]([C-]=O)(c1ccccc1)C1CC1.[CH2-]CC.[CH2-]CC.[Ni+3]. The van der Waals surface area contributed by atoms with Gasteiger partial charge in [-0.15, -0.1) is 0 Å². The van der Waals surface area contributed by atoms with E-state index in [1.165, 1.54) is 0 Å². The van der Waals surface area contributed by atoms with Gasteiger partial charge in [0, 0.05) is 0 Å². The number of hydrogen-bond donors (Lipinski definition) is 1. The summed E-state index contributed by atoms with van der Waals surface area (Å²) in [6, 6.07) is 9.50. The second-order valence-electron chi connectivity index (χ2n) is 7.03. The van der Waals surface area contributed by atoms with Crippen LogP contribution in [0.3, 0.4) is 0 Å². The predicted molar refractivity (Wildman–Crippen MR) is 109 cm³/mol. The van der Waals surface area contributed by atoms with Gasteiger partial charge in [0.15, 0.2) is 0 Å². The third-order valence-electron chi connectivity index (χ3n) is 3.39. The third-order valence-corrected chi connectivity index (χ3v) is 5.01. The molecule has 1 N–H and O–H groups in total.